The molecule has 1 N–H and O–H groups in total. The summed E-state index contributed by atoms with van der Waals surface area (Å²) in [5, 5.41) is 3.45. The van der Waals surface area contributed by atoms with Gasteiger partial charge in [-0.3, -0.25) is 0 Å². The van der Waals surface area contributed by atoms with Crippen LogP contribution >= 0.6 is 11.6 Å². The molecule has 1 aromatic rings. The highest BCUT2D eigenvalue weighted by Crippen LogP contribution is 2.31. The monoisotopic (exact) mass is 331 g/mol. The molecule has 0 saturated heterocycles. The summed E-state index contributed by atoms with van der Waals surface area (Å²) in [5.41, 5.74) is 0.920. The lowest BCUT2D eigenvalue weighted by Gasteiger charge is -2.29. The van der Waals surface area contributed by atoms with Crippen LogP contribution in [0.1, 0.15) is 31.2 Å². The van der Waals surface area contributed by atoms with Crippen molar-refractivity contribution in [3.8, 4) is 5.75 Å². The van der Waals surface area contributed by atoms with Gasteiger partial charge in [0.15, 0.2) is 0 Å². The molecule has 118 valence electrons. The first kappa shape index (κ1) is 16.6. The van der Waals surface area contributed by atoms with Gasteiger partial charge in [0.2, 0.25) is 0 Å². The summed E-state index contributed by atoms with van der Waals surface area (Å²) in [4.78, 5) is 0. The van der Waals surface area contributed by atoms with E-state index in [0.717, 1.165) is 30.6 Å². The van der Waals surface area contributed by atoms with Crippen molar-refractivity contribution in [1.29, 1.82) is 0 Å². The third-order valence-corrected chi connectivity index (χ3v) is 5.90. The molecule has 2 rings (SSSR count). The number of benzene rings is 1. The lowest BCUT2D eigenvalue weighted by molar-refractivity contribution is 0.154. The van der Waals surface area contributed by atoms with Crippen molar-refractivity contribution in [2.45, 2.75) is 43.6 Å². The highest BCUT2D eigenvalue weighted by Gasteiger charge is 2.30. The van der Waals surface area contributed by atoms with Crippen LogP contribution in [0, 0.1) is 0 Å². The molecule has 21 heavy (non-hydrogen) atoms. The van der Waals surface area contributed by atoms with Crippen LogP contribution in [0.15, 0.2) is 18.2 Å². The molecule has 0 radical (unpaired) electrons. The second-order valence-electron chi connectivity index (χ2n) is 5.60. The van der Waals surface area contributed by atoms with E-state index < -0.39 is 9.84 Å². The Morgan fingerprint density at radius 2 is 2.14 bits per heavy atom. The molecule has 0 aliphatic heterocycles. The molecule has 0 bridgehead atoms. The van der Waals surface area contributed by atoms with Crippen LogP contribution in [0.5, 0.6) is 5.75 Å². The van der Waals surface area contributed by atoms with E-state index in [9.17, 15) is 8.42 Å². The number of hydrogen-bond donors (Lipinski definition) is 1. The molecule has 1 aliphatic rings. The fourth-order valence-corrected chi connectivity index (χ4v) is 4.17. The van der Waals surface area contributed by atoms with Crippen molar-refractivity contribution in [1.82, 2.24) is 5.32 Å². The van der Waals surface area contributed by atoms with E-state index in [-0.39, 0.29) is 11.4 Å². The smallest absolute Gasteiger partial charge is 0.150 e. The Labute approximate surface area is 131 Å². The van der Waals surface area contributed by atoms with Gasteiger partial charge in [0.25, 0.3) is 0 Å². The topological polar surface area (TPSA) is 55.4 Å². The molecule has 1 fully saturated rings. The molecule has 2 unspecified atom stereocenters. The summed E-state index contributed by atoms with van der Waals surface area (Å²) in [6.07, 6.45) is 4.31. The van der Waals surface area contributed by atoms with Gasteiger partial charge < -0.3 is 10.1 Å². The Morgan fingerprint density at radius 1 is 1.38 bits per heavy atom. The number of rotatable bonds is 5. The Hall–Kier alpha value is -0.780. The van der Waals surface area contributed by atoms with Crippen LogP contribution in [0.3, 0.4) is 0 Å². The van der Waals surface area contributed by atoms with Crippen LogP contribution in [0.25, 0.3) is 0 Å². The van der Waals surface area contributed by atoms with E-state index in [1.807, 2.05) is 25.2 Å². The fourth-order valence-electron chi connectivity index (χ4n) is 2.78. The first-order valence-electron chi connectivity index (χ1n) is 7.19. The lowest BCUT2D eigenvalue weighted by atomic mass is 9.97. The predicted octanol–water partition coefficient (Wildman–Crippen LogP) is 2.79. The van der Waals surface area contributed by atoms with Gasteiger partial charge in [0.1, 0.15) is 15.6 Å². The largest absolute Gasteiger partial charge is 0.490 e. The number of nitrogens with one attached hydrogen (secondary N) is 1. The lowest BCUT2D eigenvalue weighted by Crippen LogP contribution is -2.33. The van der Waals surface area contributed by atoms with Gasteiger partial charge in [0, 0.05) is 29.8 Å². The number of halogens is 1. The van der Waals surface area contributed by atoms with Gasteiger partial charge in [-0.2, -0.15) is 0 Å². The van der Waals surface area contributed by atoms with E-state index in [2.05, 4.69) is 5.32 Å². The third kappa shape index (κ3) is 4.34. The van der Waals surface area contributed by atoms with Crippen molar-refractivity contribution in [2.24, 2.45) is 0 Å². The Balaban J connectivity index is 2.13. The predicted molar refractivity (Wildman–Crippen MR) is 85.7 cm³/mol. The molecule has 1 aromatic carbocycles. The highest BCUT2D eigenvalue weighted by atomic mass is 35.5. The van der Waals surface area contributed by atoms with Gasteiger partial charge in [-0.15, -0.1) is 0 Å². The van der Waals surface area contributed by atoms with Crippen LogP contribution < -0.4 is 10.1 Å². The quantitative estimate of drug-likeness (QED) is 0.901. The number of hydrogen-bond acceptors (Lipinski definition) is 4. The second-order valence-corrected chi connectivity index (χ2v) is 8.34. The summed E-state index contributed by atoms with van der Waals surface area (Å²) in [6, 6.07) is 5.58. The van der Waals surface area contributed by atoms with Crippen LogP contribution in [0.2, 0.25) is 5.02 Å². The molecule has 0 aromatic heterocycles. The molecule has 0 heterocycles. The molecule has 6 heteroatoms. The molecular formula is C15H22ClNO3S. The normalized spacial score (nSPS) is 23.0. The number of sulfone groups is 1. The zero-order valence-corrected chi connectivity index (χ0v) is 14.0. The molecular weight excluding hydrogens is 310 g/mol. The molecule has 4 nitrogen and oxygen atoms in total. The maximum atomic E-state index is 11.7. The maximum Gasteiger partial charge on any atom is 0.150 e. The molecule has 0 spiro atoms. The minimum absolute atomic E-state index is 0.0625. The summed E-state index contributed by atoms with van der Waals surface area (Å²) in [6.45, 7) is 0.622. The highest BCUT2D eigenvalue weighted by molar-refractivity contribution is 7.91. The minimum Gasteiger partial charge on any atom is -0.490 e. The second kappa shape index (κ2) is 6.99. The van der Waals surface area contributed by atoms with Gasteiger partial charge in [-0.1, -0.05) is 17.7 Å². The molecule has 2 atom stereocenters. The number of ether oxygens (including phenoxy) is 1. The zero-order valence-electron chi connectivity index (χ0n) is 12.4. The van der Waals surface area contributed by atoms with Crippen LogP contribution in [0.4, 0.5) is 0 Å². The Bertz CT molecular complexity index is 589. The zero-order chi connectivity index (χ0) is 15.5. The summed E-state index contributed by atoms with van der Waals surface area (Å²) in [5.74, 6) is 0.746. The average molecular weight is 332 g/mol. The first-order valence-corrected chi connectivity index (χ1v) is 9.52. The van der Waals surface area contributed by atoms with Crippen molar-refractivity contribution in [2.75, 3.05) is 13.3 Å². The first-order chi connectivity index (χ1) is 9.91. The summed E-state index contributed by atoms with van der Waals surface area (Å²) in [7, 11) is -1.14. The van der Waals surface area contributed by atoms with E-state index >= 15 is 0 Å². The maximum absolute atomic E-state index is 11.7. The standard InChI is InChI=1S/C15H22ClNO3S/c1-17-10-13-14(16)7-4-8-15(13)20-11-5-3-6-12(9-11)21(2,18)19/h4,7-8,11-12,17H,3,5-6,9-10H2,1-2H3. The van der Waals surface area contributed by atoms with Crippen LogP contribution in [-0.4, -0.2) is 33.1 Å². The minimum atomic E-state index is -3.00. The third-order valence-electron chi connectivity index (χ3n) is 3.91. The van der Waals surface area contributed by atoms with Crippen molar-refractivity contribution in [3.05, 3.63) is 28.8 Å². The molecule has 0 amide bonds. The van der Waals surface area contributed by atoms with Gasteiger partial charge in [-0.25, -0.2) is 8.42 Å². The summed E-state index contributed by atoms with van der Waals surface area (Å²) >= 11 is 6.21. The fraction of sp³-hybridized carbons (Fsp3) is 0.600. The SMILES string of the molecule is CNCc1c(Cl)cccc1OC1CCCC(S(C)(=O)=O)C1. The van der Waals surface area contributed by atoms with Crippen molar-refractivity contribution < 1.29 is 13.2 Å². The summed E-state index contributed by atoms with van der Waals surface area (Å²) < 4.78 is 29.5. The molecule has 1 aliphatic carbocycles. The Morgan fingerprint density at radius 3 is 2.81 bits per heavy atom. The van der Waals surface area contributed by atoms with E-state index in [4.69, 9.17) is 16.3 Å². The van der Waals surface area contributed by atoms with Gasteiger partial charge in [-0.05, 0) is 38.4 Å². The van der Waals surface area contributed by atoms with E-state index in [1.165, 1.54) is 6.26 Å². The van der Waals surface area contributed by atoms with E-state index in [1.54, 1.807) is 0 Å². The van der Waals surface area contributed by atoms with Crippen molar-refractivity contribution in [3.63, 3.8) is 0 Å². The van der Waals surface area contributed by atoms with E-state index in [0.29, 0.717) is 18.0 Å². The van der Waals surface area contributed by atoms with Crippen LogP contribution in [-0.2, 0) is 16.4 Å². The van der Waals surface area contributed by atoms with Gasteiger partial charge in [0.05, 0.1) is 11.4 Å². The molecule has 1 saturated carbocycles. The van der Waals surface area contributed by atoms with Crippen molar-refractivity contribution >= 4 is 21.4 Å². The van der Waals surface area contributed by atoms with Gasteiger partial charge >= 0.3 is 0 Å². The average Bonchev–Trinajstić information content (AvgIpc) is 2.42. The Kier molecular flexibility index (Phi) is 5.52.